The summed E-state index contributed by atoms with van der Waals surface area (Å²) in [7, 11) is 0. The summed E-state index contributed by atoms with van der Waals surface area (Å²) < 4.78 is 5.54. The van der Waals surface area contributed by atoms with Crippen molar-refractivity contribution in [1.29, 1.82) is 0 Å². The van der Waals surface area contributed by atoms with E-state index in [1.807, 2.05) is 17.5 Å². The van der Waals surface area contributed by atoms with Crippen LogP contribution in [-0.2, 0) is 4.84 Å². The van der Waals surface area contributed by atoms with Crippen LogP contribution < -0.4 is 4.74 Å². The summed E-state index contributed by atoms with van der Waals surface area (Å²) in [5.41, 5.74) is 4.18. The second kappa shape index (κ2) is 6.17. The van der Waals surface area contributed by atoms with Crippen LogP contribution in [0.1, 0.15) is 23.8 Å². The van der Waals surface area contributed by atoms with Gasteiger partial charge in [-0.3, -0.25) is 0 Å². The molecule has 2 aromatic rings. The van der Waals surface area contributed by atoms with Gasteiger partial charge >= 0.3 is 0 Å². The lowest BCUT2D eigenvalue weighted by Gasteiger charge is -2.15. The van der Waals surface area contributed by atoms with Crippen LogP contribution in [-0.4, -0.2) is 17.3 Å². The summed E-state index contributed by atoms with van der Waals surface area (Å²) >= 11 is 7.81. The Bertz CT molecular complexity index is 707. The van der Waals surface area contributed by atoms with E-state index >= 15 is 0 Å². The highest BCUT2D eigenvalue weighted by atomic mass is 35.5. The van der Waals surface area contributed by atoms with E-state index in [9.17, 15) is 0 Å². The SMILES string of the molecule is C#CCOc1cccc(Cl)c1C1CC(c2cscn2)=NO1. The average molecular weight is 319 g/mol. The minimum absolute atomic E-state index is 0.180. The standard InChI is InChI=1S/C15H11ClN2O2S/c1-2-6-19-13-5-3-4-10(16)15(13)14-7-11(18-20-14)12-8-21-9-17-12/h1,3-5,8-9,14H,6-7H2. The number of benzene rings is 1. The number of ether oxygens (including phenoxy) is 1. The Morgan fingerprint density at radius 2 is 2.43 bits per heavy atom. The fourth-order valence-corrected chi connectivity index (χ4v) is 2.96. The van der Waals surface area contributed by atoms with E-state index in [0.717, 1.165) is 17.0 Å². The van der Waals surface area contributed by atoms with Gasteiger partial charge < -0.3 is 9.57 Å². The number of nitrogens with zero attached hydrogens (tertiary/aromatic N) is 2. The highest BCUT2D eigenvalue weighted by molar-refractivity contribution is 7.07. The minimum atomic E-state index is -0.289. The van der Waals surface area contributed by atoms with E-state index in [2.05, 4.69) is 16.1 Å². The Morgan fingerprint density at radius 3 is 3.19 bits per heavy atom. The lowest BCUT2D eigenvalue weighted by atomic mass is 10.0. The van der Waals surface area contributed by atoms with Crippen LogP contribution in [0.5, 0.6) is 5.75 Å². The highest BCUT2D eigenvalue weighted by Crippen LogP contribution is 2.39. The summed E-state index contributed by atoms with van der Waals surface area (Å²) in [5.74, 6) is 3.07. The molecule has 0 bridgehead atoms. The first-order chi connectivity index (χ1) is 10.3. The first kappa shape index (κ1) is 13.9. The van der Waals surface area contributed by atoms with Crippen LogP contribution in [0.15, 0.2) is 34.2 Å². The molecule has 6 heteroatoms. The zero-order chi connectivity index (χ0) is 14.7. The molecular formula is C15H11ClN2O2S. The molecule has 0 aliphatic carbocycles. The lowest BCUT2D eigenvalue weighted by Crippen LogP contribution is -2.06. The van der Waals surface area contributed by atoms with Crippen LogP contribution >= 0.6 is 22.9 Å². The van der Waals surface area contributed by atoms with Gasteiger partial charge in [-0.2, -0.15) is 0 Å². The molecule has 1 aromatic heterocycles. The quantitative estimate of drug-likeness (QED) is 0.808. The fraction of sp³-hybridized carbons (Fsp3) is 0.200. The normalized spacial score (nSPS) is 17.0. The number of hydrogen-bond acceptors (Lipinski definition) is 5. The Hall–Kier alpha value is -2.03. The van der Waals surface area contributed by atoms with Gasteiger partial charge in [0.15, 0.2) is 6.10 Å². The van der Waals surface area contributed by atoms with Crippen molar-refractivity contribution in [2.75, 3.05) is 6.61 Å². The maximum absolute atomic E-state index is 6.28. The van der Waals surface area contributed by atoms with E-state index in [4.69, 9.17) is 27.6 Å². The number of oxime groups is 1. The van der Waals surface area contributed by atoms with Gasteiger partial charge in [-0.15, -0.1) is 17.8 Å². The molecule has 2 heterocycles. The van der Waals surface area contributed by atoms with Gasteiger partial charge in [0, 0.05) is 11.8 Å². The molecule has 0 radical (unpaired) electrons. The average Bonchev–Trinajstić information content (AvgIpc) is 3.15. The molecule has 0 saturated carbocycles. The van der Waals surface area contributed by atoms with Crippen molar-refractivity contribution in [2.24, 2.45) is 5.16 Å². The van der Waals surface area contributed by atoms with E-state index in [0.29, 0.717) is 17.2 Å². The highest BCUT2D eigenvalue weighted by Gasteiger charge is 2.29. The maximum Gasteiger partial charge on any atom is 0.163 e. The van der Waals surface area contributed by atoms with Gasteiger partial charge in [0.1, 0.15) is 18.1 Å². The number of thiazole rings is 1. The summed E-state index contributed by atoms with van der Waals surface area (Å²) in [4.78, 5) is 9.75. The third-order valence-corrected chi connectivity index (χ3v) is 3.96. The molecule has 0 amide bonds. The van der Waals surface area contributed by atoms with Crippen LogP contribution in [0.25, 0.3) is 0 Å². The minimum Gasteiger partial charge on any atom is -0.480 e. The first-order valence-corrected chi connectivity index (χ1v) is 7.57. The zero-order valence-electron chi connectivity index (χ0n) is 11.0. The topological polar surface area (TPSA) is 43.7 Å². The van der Waals surface area contributed by atoms with Gasteiger partial charge in [0.2, 0.25) is 0 Å². The molecule has 4 nitrogen and oxygen atoms in total. The lowest BCUT2D eigenvalue weighted by molar-refractivity contribution is 0.0835. The molecule has 1 aliphatic heterocycles. The van der Waals surface area contributed by atoms with E-state index < -0.39 is 0 Å². The molecular weight excluding hydrogens is 308 g/mol. The third-order valence-electron chi connectivity index (χ3n) is 3.04. The van der Waals surface area contributed by atoms with Crippen molar-refractivity contribution in [3.63, 3.8) is 0 Å². The molecule has 0 N–H and O–H groups in total. The predicted molar refractivity (Wildman–Crippen MR) is 82.9 cm³/mol. The van der Waals surface area contributed by atoms with Gasteiger partial charge in [-0.25, -0.2) is 4.98 Å². The van der Waals surface area contributed by atoms with Gasteiger partial charge in [-0.05, 0) is 12.1 Å². The van der Waals surface area contributed by atoms with Crippen molar-refractivity contribution in [3.8, 4) is 18.1 Å². The van der Waals surface area contributed by atoms with E-state index in [1.54, 1.807) is 11.6 Å². The van der Waals surface area contributed by atoms with Crippen molar-refractivity contribution in [2.45, 2.75) is 12.5 Å². The number of aromatic nitrogens is 1. The third kappa shape index (κ3) is 2.87. The number of hydrogen-bond donors (Lipinski definition) is 0. The Balaban J connectivity index is 1.84. The second-order valence-corrected chi connectivity index (χ2v) is 5.48. The molecule has 106 valence electrons. The molecule has 0 spiro atoms. The number of halogens is 1. The summed E-state index contributed by atoms with van der Waals surface area (Å²) in [6.07, 6.45) is 5.54. The fourth-order valence-electron chi connectivity index (χ4n) is 2.11. The molecule has 21 heavy (non-hydrogen) atoms. The predicted octanol–water partition coefficient (Wildman–Crippen LogP) is 3.67. The van der Waals surface area contributed by atoms with Crippen molar-refractivity contribution in [3.05, 3.63) is 45.4 Å². The summed E-state index contributed by atoms with van der Waals surface area (Å²) in [5, 5.41) is 6.62. The monoisotopic (exact) mass is 318 g/mol. The molecule has 1 aromatic carbocycles. The molecule has 1 unspecified atom stereocenters. The smallest absolute Gasteiger partial charge is 0.163 e. The first-order valence-electron chi connectivity index (χ1n) is 6.25. The van der Waals surface area contributed by atoms with Crippen LogP contribution in [0.3, 0.4) is 0 Å². The van der Waals surface area contributed by atoms with Crippen molar-refractivity contribution in [1.82, 2.24) is 4.98 Å². The Morgan fingerprint density at radius 1 is 1.52 bits per heavy atom. The number of rotatable bonds is 4. The summed E-state index contributed by atoms with van der Waals surface area (Å²) in [6.45, 7) is 0.180. The Labute approximate surface area is 131 Å². The second-order valence-electron chi connectivity index (χ2n) is 4.35. The maximum atomic E-state index is 6.28. The van der Waals surface area contributed by atoms with Gasteiger partial charge in [0.05, 0.1) is 21.8 Å². The van der Waals surface area contributed by atoms with Crippen LogP contribution in [0.2, 0.25) is 5.02 Å². The molecule has 1 atom stereocenters. The number of terminal acetylenes is 1. The largest absolute Gasteiger partial charge is 0.480 e. The molecule has 0 saturated heterocycles. The Kier molecular flexibility index (Phi) is 4.09. The molecule has 3 rings (SSSR count). The summed E-state index contributed by atoms with van der Waals surface area (Å²) in [6, 6.07) is 5.43. The van der Waals surface area contributed by atoms with E-state index in [-0.39, 0.29) is 12.7 Å². The van der Waals surface area contributed by atoms with Gasteiger partial charge in [-0.1, -0.05) is 28.7 Å². The molecule has 0 fully saturated rings. The van der Waals surface area contributed by atoms with Crippen molar-refractivity contribution >= 4 is 28.6 Å². The van der Waals surface area contributed by atoms with Gasteiger partial charge in [0.25, 0.3) is 0 Å². The van der Waals surface area contributed by atoms with Crippen LogP contribution in [0, 0.1) is 12.3 Å². The van der Waals surface area contributed by atoms with Crippen LogP contribution in [0.4, 0.5) is 0 Å². The molecule has 1 aliphatic rings. The zero-order valence-corrected chi connectivity index (χ0v) is 12.5. The van der Waals surface area contributed by atoms with Crippen molar-refractivity contribution < 1.29 is 9.57 Å². The van der Waals surface area contributed by atoms with E-state index in [1.165, 1.54) is 11.3 Å².